The van der Waals surface area contributed by atoms with Crippen molar-refractivity contribution in [3.05, 3.63) is 65.1 Å². The molecule has 25 heavy (non-hydrogen) atoms. The van der Waals surface area contributed by atoms with Crippen LogP contribution in [0.5, 0.6) is 5.75 Å². The molecule has 4 N–H and O–H groups in total. The van der Waals surface area contributed by atoms with Gasteiger partial charge in [0.2, 0.25) is 0 Å². The predicted molar refractivity (Wildman–Crippen MR) is 97.8 cm³/mol. The first kappa shape index (κ1) is 19.0. The van der Waals surface area contributed by atoms with Crippen molar-refractivity contribution in [3.8, 4) is 5.75 Å². The third-order valence-electron chi connectivity index (χ3n) is 3.04. The van der Waals surface area contributed by atoms with Crippen molar-refractivity contribution >= 4 is 37.6 Å². The Hall–Kier alpha value is -2.36. The highest BCUT2D eigenvalue weighted by Crippen LogP contribution is 2.17. The first-order valence-corrected chi connectivity index (χ1v) is 9.29. The zero-order valence-electron chi connectivity index (χ0n) is 13.0. The molecule has 0 unspecified atom stereocenters. The van der Waals surface area contributed by atoms with Crippen LogP contribution in [-0.2, 0) is 14.8 Å². The Morgan fingerprint density at radius 3 is 2.28 bits per heavy atom. The Bertz CT molecular complexity index is 865. The lowest BCUT2D eigenvalue weighted by Gasteiger charge is -2.12. The maximum absolute atomic E-state index is 12.2. The lowest BCUT2D eigenvalue weighted by molar-refractivity contribution is -0.119. The Morgan fingerprint density at radius 2 is 1.72 bits per heavy atom. The minimum absolute atomic E-state index is 0.117. The zero-order chi connectivity index (χ0) is 18.4. The average Bonchev–Trinajstić information content (AvgIpc) is 2.59. The van der Waals surface area contributed by atoms with Crippen molar-refractivity contribution in [1.29, 1.82) is 0 Å². The first-order chi connectivity index (χ1) is 11.8. The van der Waals surface area contributed by atoms with Crippen molar-refractivity contribution in [2.45, 2.75) is 4.90 Å². The van der Waals surface area contributed by atoms with Crippen molar-refractivity contribution < 1.29 is 17.9 Å². The van der Waals surface area contributed by atoms with Crippen molar-refractivity contribution in [2.24, 2.45) is 5.73 Å². The number of benzene rings is 2. The molecule has 0 atom stereocenters. The second kappa shape index (κ2) is 8.15. The molecule has 0 radical (unpaired) electrons. The van der Waals surface area contributed by atoms with Crippen LogP contribution in [-0.4, -0.2) is 20.9 Å². The molecular formula is C16H16BrN3O4S. The summed E-state index contributed by atoms with van der Waals surface area (Å²) < 4.78 is 30.3. The number of hydrazine groups is 1. The van der Waals surface area contributed by atoms with E-state index in [1.54, 1.807) is 36.4 Å². The normalized spacial score (nSPS) is 10.9. The number of primary amides is 1. The van der Waals surface area contributed by atoms with Gasteiger partial charge in [-0.25, -0.2) is 8.42 Å². The number of carbonyl (C=O) groups is 1. The summed E-state index contributed by atoms with van der Waals surface area (Å²) in [5.41, 5.74) is 8.55. The summed E-state index contributed by atoms with van der Waals surface area (Å²) in [7, 11) is -3.73. The summed E-state index contributed by atoms with van der Waals surface area (Å²) in [6.45, 7) is 3.56. The number of halogens is 1. The molecule has 2 rings (SSSR count). The predicted octanol–water partition coefficient (Wildman–Crippen LogP) is 1.77. The summed E-state index contributed by atoms with van der Waals surface area (Å²) in [5, 5.41) is 0. The number of sulfonamides is 1. The molecule has 0 heterocycles. The van der Waals surface area contributed by atoms with Crippen molar-refractivity contribution in [2.75, 3.05) is 6.61 Å². The molecule has 1 amide bonds. The van der Waals surface area contributed by atoms with Gasteiger partial charge >= 0.3 is 0 Å². The molecule has 7 nitrogen and oxygen atoms in total. The van der Waals surface area contributed by atoms with Gasteiger partial charge in [0.15, 0.2) is 6.61 Å². The number of rotatable bonds is 8. The maximum atomic E-state index is 12.2. The summed E-state index contributed by atoms with van der Waals surface area (Å²) in [6.07, 6.45) is 0. The van der Waals surface area contributed by atoms with E-state index in [9.17, 15) is 13.2 Å². The molecule has 0 saturated heterocycles. The van der Waals surface area contributed by atoms with Crippen LogP contribution in [0, 0.1) is 0 Å². The zero-order valence-corrected chi connectivity index (χ0v) is 15.4. The Kier molecular flexibility index (Phi) is 6.18. The van der Waals surface area contributed by atoms with Crippen LogP contribution in [0.1, 0.15) is 5.56 Å². The minimum atomic E-state index is -3.73. The molecule has 0 bridgehead atoms. The van der Waals surface area contributed by atoms with E-state index >= 15 is 0 Å². The number of nitrogens with one attached hydrogen (secondary N) is 2. The summed E-state index contributed by atoms with van der Waals surface area (Å²) >= 11 is 3.25. The van der Waals surface area contributed by atoms with Crippen molar-refractivity contribution in [1.82, 2.24) is 10.3 Å². The van der Waals surface area contributed by atoms with Gasteiger partial charge in [-0.1, -0.05) is 22.5 Å². The quantitative estimate of drug-likeness (QED) is 0.558. The maximum Gasteiger partial charge on any atom is 0.257 e. The number of hydrogen-bond donors (Lipinski definition) is 3. The van der Waals surface area contributed by atoms with Crippen molar-refractivity contribution in [3.63, 3.8) is 0 Å². The first-order valence-electron chi connectivity index (χ1n) is 7.02. The van der Waals surface area contributed by atoms with Crippen LogP contribution < -0.4 is 20.7 Å². The molecule has 0 fully saturated rings. The molecule has 0 spiro atoms. The van der Waals surface area contributed by atoms with E-state index in [0.717, 1.165) is 4.47 Å². The second-order valence-electron chi connectivity index (χ2n) is 4.94. The van der Waals surface area contributed by atoms with Crippen LogP contribution in [0.3, 0.4) is 0 Å². The van der Waals surface area contributed by atoms with Gasteiger partial charge < -0.3 is 15.9 Å². The molecule has 2 aromatic rings. The van der Waals surface area contributed by atoms with E-state index in [4.69, 9.17) is 10.5 Å². The number of carbonyl (C=O) groups excluding carboxylic acids is 1. The van der Waals surface area contributed by atoms with Gasteiger partial charge in [0.05, 0.1) is 4.90 Å². The van der Waals surface area contributed by atoms with E-state index in [1.807, 2.05) is 0 Å². The monoisotopic (exact) mass is 425 g/mol. The van der Waals surface area contributed by atoms with Crippen LogP contribution in [0.4, 0.5) is 0 Å². The number of amides is 1. The molecule has 0 aromatic heterocycles. The van der Waals surface area contributed by atoms with Crippen LogP contribution in [0.2, 0.25) is 0 Å². The van der Waals surface area contributed by atoms with Gasteiger partial charge in [-0.2, -0.15) is 0 Å². The van der Waals surface area contributed by atoms with Gasteiger partial charge in [0.25, 0.3) is 15.9 Å². The third-order valence-corrected chi connectivity index (χ3v) is 4.84. The molecule has 132 valence electrons. The number of hydrogen-bond acceptors (Lipinski definition) is 5. The molecule has 0 aliphatic carbocycles. The van der Waals surface area contributed by atoms with Gasteiger partial charge in [-0.3, -0.25) is 4.79 Å². The average molecular weight is 426 g/mol. The van der Waals surface area contributed by atoms with E-state index in [0.29, 0.717) is 17.0 Å². The lowest BCUT2D eigenvalue weighted by atomic mass is 10.2. The van der Waals surface area contributed by atoms with E-state index in [-0.39, 0.29) is 11.5 Å². The largest absolute Gasteiger partial charge is 0.484 e. The van der Waals surface area contributed by atoms with Crippen LogP contribution in [0.25, 0.3) is 5.70 Å². The van der Waals surface area contributed by atoms with E-state index in [2.05, 4.69) is 32.8 Å². The van der Waals surface area contributed by atoms with Crippen LogP contribution in [0.15, 0.2) is 64.5 Å². The van der Waals surface area contributed by atoms with Gasteiger partial charge in [-0.15, -0.1) is 4.83 Å². The molecule has 2 aromatic carbocycles. The minimum Gasteiger partial charge on any atom is -0.484 e. The topological polar surface area (TPSA) is 111 Å². The van der Waals surface area contributed by atoms with Gasteiger partial charge in [-0.05, 0) is 54.1 Å². The molecule has 9 heteroatoms. The molecule has 0 aliphatic heterocycles. The summed E-state index contributed by atoms with van der Waals surface area (Å²) in [5.74, 6) is -0.108. The Balaban J connectivity index is 1.97. The second-order valence-corrected chi connectivity index (χ2v) is 7.54. The summed E-state index contributed by atoms with van der Waals surface area (Å²) in [6, 6.07) is 12.8. The van der Waals surface area contributed by atoms with E-state index < -0.39 is 15.9 Å². The highest BCUT2D eigenvalue weighted by molar-refractivity contribution is 9.10. The SMILES string of the molecule is C=C(NNS(=O)(=O)c1ccc(Br)cc1)c1ccc(OCC(N)=O)cc1. The highest BCUT2D eigenvalue weighted by Gasteiger charge is 2.13. The fourth-order valence-corrected chi connectivity index (χ4v) is 2.91. The molecular weight excluding hydrogens is 410 g/mol. The van der Waals surface area contributed by atoms with Gasteiger partial charge in [0.1, 0.15) is 5.75 Å². The third kappa shape index (κ3) is 5.59. The van der Waals surface area contributed by atoms with Crippen LogP contribution >= 0.6 is 15.9 Å². The standard InChI is InChI=1S/C16H16BrN3O4S/c1-11(12-2-6-14(7-3-12)24-10-16(18)21)19-20-25(22,23)15-8-4-13(17)5-9-15/h2-9,19-20H,1,10H2,(H2,18,21). The molecule has 0 aliphatic rings. The summed E-state index contributed by atoms with van der Waals surface area (Å²) in [4.78, 5) is 13.0. The Labute approximate surface area is 154 Å². The fraction of sp³-hybridized carbons (Fsp3) is 0.0625. The van der Waals surface area contributed by atoms with Gasteiger partial charge in [0, 0.05) is 10.2 Å². The fourth-order valence-electron chi connectivity index (χ4n) is 1.78. The van der Waals surface area contributed by atoms with E-state index in [1.165, 1.54) is 12.1 Å². The Morgan fingerprint density at radius 1 is 1.12 bits per heavy atom. The lowest BCUT2D eigenvalue weighted by Crippen LogP contribution is -2.35. The smallest absolute Gasteiger partial charge is 0.257 e. The molecule has 0 saturated carbocycles. The number of nitrogens with two attached hydrogens (primary N) is 1. The number of ether oxygens (including phenoxy) is 1. The highest BCUT2D eigenvalue weighted by atomic mass is 79.9.